The number of hydrogen-bond donors (Lipinski definition) is 1. The lowest BCUT2D eigenvalue weighted by atomic mass is 10.1. The van der Waals surface area contributed by atoms with Crippen LogP contribution in [0.15, 0.2) is 70.5 Å². The standard InChI is InChI=1S/C30H33F4N7O2/c1-20-27(39-15-13-38(14-16-39)19-26-36-11-12-37(26)2)28(42)41(18-25(35)21-7-4-3-5-8-21)29(43)40(20)17-22-23(30(32,33)34)9-6-10-24(22)31/h3-12,25H,13-19,35H2,1-2H3/t25-/m1/s1. The summed E-state index contributed by atoms with van der Waals surface area (Å²) in [7, 11) is 1.91. The minimum atomic E-state index is -4.84. The maximum absolute atomic E-state index is 14.9. The molecule has 0 amide bonds. The Hall–Kier alpha value is -4.23. The van der Waals surface area contributed by atoms with Crippen LogP contribution in [0, 0.1) is 12.7 Å². The monoisotopic (exact) mass is 599 g/mol. The molecule has 228 valence electrons. The SMILES string of the molecule is Cc1c(N2CCN(Cc3nccn3C)CC2)c(=O)n(C[C@@H](N)c2ccccc2)c(=O)n1Cc1c(F)cccc1C(F)(F)F. The van der Waals surface area contributed by atoms with Crippen molar-refractivity contribution in [3.05, 3.63) is 116 Å². The van der Waals surface area contributed by atoms with Gasteiger partial charge in [-0.25, -0.2) is 14.2 Å². The van der Waals surface area contributed by atoms with Crippen LogP contribution in [0.1, 0.15) is 34.3 Å². The minimum absolute atomic E-state index is 0.161. The van der Waals surface area contributed by atoms with Gasteiger partial charge in [0.1, 0.15) is 17.3 Å². The van der Waals surface area contributed by atoms with Crippen LogP contribution in [0.2, 0.25) is 0 Å². The highest BCUT2D eigenvalue weighted by Gasteiger charge is 2.35. The van der Waals surface area contributed by atoms with Gasteiger partial charge in [0.25, 0.3) is 5.56 Å². The molecular weight excluding hydrogens is 566 g/mol. The van der Waals surface area contributed by atoms with Crippen molar-refractivity contribution in [1.82, 2.24) is 23.6 Å². The van der Waals surface area contributed by atoms with Crippen molar-refractivity contribution in [2.24, 2.45) is 12.8 Å². The second kappa shape index (κ2) is 12.2. The van der Waals surface area contributed by atoms with E-state index in [9.17, 15) is 27.2 Å². The van der Waals surface area contributed by atoms with E-state index in [0.29, 0.717) is 38.3 Å². The van der Waals surface area contributed by atoms with Crippen LogP contribution in [0.25, 0.3) is 0 Å². The Bertz CT molecular complexity index is 1700. The fourth-order valence-electron chi connectivity index (χ4n) is 5.52. The van der Waals surface area contributed by atoms with Crippen molar-refractivity contribution in [2.75, 3.05) is 31.1 Å². The molecule has 4 aromatic rings. The number of anilines is 1. The van der Waals surface area contributed by atoms with Gasteiger partial charge in [-0.2, -0.15) is 13.2 Å². The summed E-state index contributed by atoms with van der Waals surface area (Å²) in [6.45, 7) is 3.22. The molecule has 9 nitrogen and oxygen atoms in total. The van der Waals surface area contributed by atoms with E-state index >= 15 is 0 Å². The molecule has 0 spiro atoms. The van der Waals surface area contributed by atoms with Gasteiger partial charge in [-0.05, 0) is 24.6 Å². The third-order valence-electron chi connectivity index (χ3n) is 7.98. The average molecular weight is 600 g/mol. The van der Waals surface area contributed by atoms with Gasteiger partial charge in [0.15, 0.2) is 0 Å². The van der Waals surface area contributed by atoms with E-state index in [0.717, 1.165) is 33.2 Å². The quantitative estimate of drug-likeness (QED) is 0.313. The van der Waals surface area contributed by atoms with Gasteiger partial charge in [0, 0.05) is 62.9 Å². The molecule has 0 unspecified atom stereocenters. The van der Waals surface area contributed by atoms with Crippen LogP contribution >= 0.6 is 0 Å². The molecule has 0 bridgehead atoms. The van der Waals surface area contributed by atoms with Crippen LogP contribution in [0.5, 0.6) is 0 Å². The summed E-state index contributed by atoms with van der Waals surface area (Å²) in [6, 6.07) is 10.8. The summed E-state index contributed by atoms with van der Waals surface area (Å²) >= 11 is 0. The Morgan fingerprint density at radius 2 is 1.65 bits per heavy atom. The normalized spacial score (nSPS) is 15.2. The summed E-state index contributed by atoms with van der Waals surface area (Å²) in [5.74, 6) is -0.204. The molecule has 3 heterocycles. The van der Waals surface area contributed by atoms with Gasteiger partial charge in [-0.3, -0.25) is 18.8 Å². The number of benzene rings is 2. The number of nitrogens with two attached hydrogens (primary N) is 1. The fourth-order valence-corrected chi connectivity index (χ4v) is 5.52. The average Bonchev–Trinajstić information content (AvgIpc) is 3.38. The maximum atomic E-state index is 14.9. The van der Waals surface area contributed by atoms with E-state index in [4.69, 9.17) is 5.73 Å². The van der Waals surface area contributed by atoms with E-state index in [1.807, 2.05) is 22.7 Å². The zero-order chi connectivity index (χ0) is 30.9. The van der Waals surface area contributed by atoms with Crippen molar-refractivity contribution in [3.63, 3.8) is 0 Å². The van der Waals surface area contributed by atoms with Crippen LogP contribution in [0.3, 0.4) is 0 Å². The summed E-state index contributed by atoms with van der Waals surface area (Å²) in [4.78, 5) is 36.1. The molecule has 43 heavy (non-hydrogen) atoms. The first-order chi connectivity index (χ1) is 20.5. The molecule has 1 fully saturated rings. The predicted molar refractivity (Wildman–Crippen MR) is 154 cm³/mol. The number of hydrogen-bond acceptors (Lipinski definition) is 6. The van der Waals surface area contributed by atoms with Crippen molar-refractivity contribution >= 4 is 5.69 Å². The lowest BCUT2D eigenvalue weighted by Gasteiger charge is -2.36. The van der Waals surface area contributed by atoms with Gasteiger partial charge in [0.2, 0.25) is 0 Å². The minimum Gasteiger partial charge on any atom is -0.363 e. The van der Waals surface area contributed by atoms with Crippen molar-refractivity contribution < 1.29 is 17.6 Å². The van der Waals surface area contributed by atoms with E-state index in [1.165, 1.54) is 6.92 Å². The molecular formula is C30H33F4N7O2. The number of alkyl halides is 3. The summed E-state index contributed by atoms with van der Waals surface area (Å²) in [5.41, 5.74) is 4.11. The fraction of sp³-hybridized carbons (Fsp3) is 0.367. The van der Waals surface area contributed by atoms with E-state index in [-0.39, 0.29) is 17.9 Å². The third kappa shape index (κ3) is 6.27. The van der Waals surface area contributed by atoms with Crippen molar-refractivity contribution in [1.29, 1.82) is 0 Å². The Kier molecular flexibility index (Phi) is 8.56. The highest BCUT2D eigenvalue weighted by atomic mass is 19.4. The number of aryl methyl sites for hydroxylation is 1. The Labute approximate surface area is 245 Å². The summed E-state index contributed by atoms with van der Waals surface area (Å²) < 4.78 is 60.4. The second-order valence-electron chi connectivity index (χ2n) is 10.7. The molecule has 2 N–H and O–H groups in total. The molecule has 1 atom stereocenters. The van der Waals surface area contributed by atoms with Gasteiger partial charge >= 0.3 is 11.9 Å². The number of imidazole rings is 1. The zero-order valence-corrected chi connectivity index (χ0v) is 23.9. The third-order valence-corrected chi connectivity index (χ3v) is 7.98. The number of piperazine rings is 1. The summed E-state index contributed by atoms with van der Waals surface area (Å²) in [5, 5.41) is 0. The molecule has 0 aliphatic carbocycles. The second-order valence-corrected chi connectivity index (χ2v) is 10.7. The molecule has 1 aliphatic rings. The molecule has 0 saturated carbocycles. The number of rotatable bonds is 8. The predicted octanol–water partition coefficient (Wildman–Crippen LogP) is 3.28. The number of aromatic nitrogens is 4. The Balaban J connectivity index is 1.55. The molecule has 2 aromatic heterocycles. The van der Waals surface area contributed by atoms with Crippen molar-refractivity contribution in [2.45, 2.75) is 38.8 Å². The zero-order valence-electron chi connectivity index (χ0n) is 23.9. The van der Waals surface area contributed by atoms with Crippen LogP contribution in [0.4, 0.5) is 23.2 Å². The van der Waals surface area contributed by atoms with E-state index < -0.39 is 47.0 Å². The molecule has 0 radical (unpaired) electrons. The Morgan fingerprint density at radius 1 is 0.953 bits per heavy atom. The molecule has 1 saturated heterocycles. The van der Waals surface area contributed by atoms with Crippen molar-refractivity contribution in [3.8, 4) is 0 Å². The van der Waals surface area contributed by atoms with Gasteiger partial charge in [-0.15, -0.1) is 0 Å². The largest absolute Gasteiger partial charge is 0.416 e. The van der Waals surface area contributed by atoms with Crippen LogP contribution in [-0.2, 0) is 32.9 Å². The molecule has 1 aliphatic heterocycles. The van der Waals surface area contributed by atoms with E-state index in [2.05, 4.69) is 9.88 Å². The van der Waals surface area contributed by atoms with Crippen LogP contribution < -0.4 is 21.9 Å². The van der Waals surface area contributed by atoms with Gasteiger partial charge in [-0.1, -0.05) is 36.4 Å². The highest BCUT2D eigenvalue weighted by molar-refractivity contribution is 5.50. The maximum Gasteiger partial charge on any atom is 0.416 e. The molecule has 13 heteroatoms. The first-order valence-corrected chi connectivity index (χ1v) is 13.9. The smallest absolute Gasteiger partial charge is 0.363 e. The van der Waals surface area contributed by atoms with Gasteiger partial charge < -0.3 is 15.2 Å². The highest BCUT2D eigenvalue weighted by Crippen LogP contribution is 2.33. The number of halogens is 4. The topological polar surface area (TPSA) is 94.3 Å². The Morgan fingerprint density at radius 3 is 2.28 bits per heavy atom. The van der Waals surface area contributed by atoms with Gasteiger partial charge in [0.05, 0.1) is 25.2 Å². The number of nitrogens with zero attached hydrogens (tertiary/aromatic N) is 6. The molecule has 2 aromatic carbocycles. The summed E-state index contributed by atoms with van der Waals surface area (Å²) in [6.07, 6.45) is -1.26. The van der Waals surface area contributed by atoms with E-state index in [1.54, 1.807) is 36.5 Å². The lowest BCUT2D eigenvalue weighted by molar-refractivity contribution is -0.138. The lowest BCUT2D eigenvalue weighted by Crippen LogP contribution is -2.51. The van der Waals surface area contributed by atoms with Crippen LogP contribution in [-0.4, -0.2) is 49.8 Å². The first kappa shape index (κ1) is 30.2. The molecule has 5 rings (SSSR count). The first-order valence-electron chi connectivity index (χ1n) is 13.9.